The van der Waals surface area contributed by atoms with Crippen LogP contribution in [0.3, 0.4) is 0 Å². The number of hydrogen-bond donors (Lipinski definition) is 2. The third-order valence-electron chi connectivity index (χ3n) is 4.07. The van der Waals surface area contributed by atoms with Crippen LogP contribution in [0.15, 0.2) is 23.1 Å². The van der Waals surface area contributed by atoms with Crippen molar-refractivity contribution in [1.29, 1.82) is 0 Å². The number of sulfonamides is 1. The predicted molar refractivity (Wildman–Crippen MR) is 73.8 cm³/mol. The molecule has 2 fully saturated rings. The number of nitrogens with one attached hydrogen (secondary N) is 1. The highest BCUT2D eigenvalue weighted by Gasteiger charge is 2.43. The molecule has 0 spiro atoms. The standard InChI is InChI=1S/C14H19FN2O2S/c15-12-7-9(8-16)1-6-13(12)20(18,19)17-14(10-2-3-10)11-4-5-11/h1,6-7,10-11,14,17H,2-5,8,16H2. The first-order valence-electron chi connectivity index (χ1n) is 7.02. The highest BCUT2D eigenvalue weighted by Crippen LogP contribution is 2.45. The molecule has 0 unspecified atom stereocenters. The molecule has 0 bridgehead atoms. The molecule has 3 N–H and O–H groups in total. The van der Waals surface area contributed by atoms with Crippen molar-refractivity contribution >= 4 is 10.0 Å². The Kier molecular flexibility index (Phi) is 3.56. The fourth-order valence-electron chi connectivity index (χ4n) is 2.62. The van der Waals surface area contributed by atoms with Crippen LogP contribution >= 0.6 is 0 Å². The topological polar surface area (TPSA) is 72.2 Å². The number of benzene rings is 1. The molecular formula is C14H19FN2O2S. The van der Waals surface area contributed by atoms with E-state index in [0.29, 0.717) is 17.4 Å². The Morgan fingerprint density at radius 2 is 1.85 bits per heavy atom. The largest absolute Gasteiger partial charge is 0.326 e. The molecule has 2 aliphatic carbocycles. The lowest BCUT2D eigenvalue weighted by Crippen LogP contribution is -2.38. The molecule has 0 amide bonds. The molecule has 0 aliphatic heterocycles. The van der Waals surface area contributed by atoms with Gasteiger partial charge in [0.05, 0.1) is 0 Å². The van der Waals surface area contributed by atoms with Gasteiger partial charge in [-0.1, -0.05) is 6.07 Å². The summed E-state index contributed by atoms with van der Waals surface area (Å²) in [6, 6.07) is 4.03. The van der Waals surface area contributed by atoms with E-state index in [-0.39, 0.29) is 17.5 Å². The van der Waals surface area contributed by atoms with Gasteiger partial charge in [-0.3, -0.25) is 0 Å². The Labute approximate surface area is 118 Å². The van der Waals surface area contributed by atoms with Crippen LogP contribution in [0.2, 0.25) is 0 Å². The summed E-state index contributed by atoms with van der Waals surface area (Å²) in [5, 5.41) is 0. The van der Waals surface area contributed by atoms with Crippen LogP contribution in [-0.2, 0) is 16.6 Å². The summed E-state index contributed by atoms with van der Waals surface area (Å²) < 4.78 is 41.3. The average Bonchev–Trinajstić information content (AvgIpc) is 3.28. The van der Waals surface area contributed by atoms with Gasteiger partial charge in [0, 0.05) is 12.6 Å². The first-order chi connectivity index (χ1) is 9.51. The lowest BCUT2D eigenvalue weighted by atomic mass is 10.1. The molecule has 3 rings (SSSR count). The van der Waals surface area contributed by atoms with E-state index in [1.165, 1.54) is 12.1 Å². The second-order valence-corrected chi connectivity index (χ2v) is 7.47. The Morgan fingerprint density at radius 3 is 2.30 bits per heavy atom. The molecular weight excluding hydrogens is 279 g/mol. The zero-order valence-electron chi connectivity index (χ0n) is 11.2. The van der Waals surface area contributed by atoms with Crippen molar-refractivity contribution in [2.24, 2.45) is 17.6 Å². The van der Waals surface area contributed by atoms with Crippen molar-refractivity contribution in [2.75, 3.05) is 0 Å². The summed E-state index contributed by atoms with van der Waals surface area (Å²) in [6.45, 7) is 0.192. The SMILES string of the molecule is NCc1ccc(S(=O)(=O)NC(C2CC2)C2CC2)c(F)c1. The van der Waals surface area contributed by atoms with Crippen molar-refractivity contribution in [2.45, 2.75) is 43.2 Å². The van der Waals surface area contributed by atoms with Crippen molar-refractivity contribution < 1.29 is 12.8 Å². The predicted octanol–water partition coefficient (Wildman–Crippen LogP) is 1.75. The van der Waals surface area contributed by atoms with Crippen LogP contribution in [0.5, 0.6) is 0 Å². The van der Waals surface area contributed by atoms with Crippen molar-refractivity contribution in [3.8, 4) is 0 Å². The molecule has 4 nitrogen and oxygen atoms in total. The van der Waals surface area contributed by atoms with Crippen molar-refractivity contribution in [3.63, 3.8) is 0 Å². The Hall–Kier alpha value is -0.980. The Bertz CT molecular complexity index is 598. The molecule has 1 aromatic carbocycles. The number of nitrogens with two attached hydrogens (primary N) is 1. The highest BCUT2D eigenvalue weighted by atomic mass is 32.2. The van der Waals surface area contributed by atoms with Gasteiger partial charge in [0.25, 0.3) is 0 Å². The third kappa shape index (κ3) is 2.87. The average molecular weight is 298 g/mol. The summed E-state index contributed by atoms with van der Waals surface area (Å²) in [4.78, 5) is -0.277. The van der Waals surface area contributed by atoms with Crippen LogP contribution in [-0.4, -0.2) is 14.5 Å². The molecule has 20 heavy (non-hydrogen) atoms. The third-order valence-corrected chi connectivity index (χ3v) is 5.57. The number of hydrogen-bond acceptors (Lipinski definition) is 3. The normalized spacial score (nSPS) is 19.6. The molecule has 0 aromatic heterocycles. The molecule has 110 valence electrons. The van der Waals surface area contributed by atoms with E-state index in [4.69, 9.17) is 5.73 Å². The van der Waals surface area contributed by atoms with Crippen molar-refractivity contribution in [3.05, 3.63) is 29.6 Å². The monoisotopic (exact) mass is 298 g/mol. The molecule has 0 atom stereocenters. The Balaban J connectivity index is 1.83. The molecule has 6 heteroatoms. The maximum absolute atomic E-state index is 13.9. The molecule has 0 radical (unpaired) electrons. The van der Waals surface area contributed by atoms with Gasteiger partial charge in [0.1, 0.15) is 10.7 Å². The van der Waals surface area contributed by atoms with Gasteiger partial charge in [0.2, 0.25) is 10.0 Å². The molecule has 0 heterocycles. The summed E-state index contributed by atoms with van der Waals surface area (Å²) in [6.07, 6.45) is 4.27. The fourth-order valence-corrected chi connectivity index (χ4v) is 4.05. The fraction of sp³-hybridized carbons (Fsp3) is 0.571. The van der Waals surface area contributed by atoms with Gasteiger partial charge < -0.3 is 5.73 Å². The van der Waals surface area contributed by atoms with Gasteiger partial charge in [-0.2, -0.15) is 0 Å². The zero-order valence-corrected chi connectivity index (χ0v) is 12.0. The van der Waals surface area contributed by atoms with Crippen LogP contribution in [0, 0.1) is 17.7 Å². The lowest BCUT2D eigenvalue weighted by molar-refractivity contribution is 0.468. The quantitative estimate of drug-likeness (QED) is 0.840. The van der Waals surface area contributed by atoms with Crippen LogP contribution in [0.4, 0.5) is 4.39 Å². The van der Waals surface area contributed by atoms with Crippen LogP contribution in [0.25, 0.3) is 0 Å². The zero-order chi connectivity index (χ0) is 14.3. The van der Waals surface area contributed by atoms with Crippen LogP contribution < -0.4 is 10.5 Å². The molecule has 2 saturated carbocycles. The molecule has 2 aliphatic rings. The maximum Gasteiger partial charge on any atom is 0.243 e. The second-order valence-electron chi connectivity index (χ2n) is 5.79. The van der Waals surface area contributed by atoms with E-state index >= 15 is 0 Å². The minimum atomic E-state index is -3.79. The second kappa shape index (κ2) is 5.09. The van der Waals surface area contributed by atoms with E-state index in [2.05, 4.69) is 4.72 Å². The summed E-state index contributed by atoms with van der Waals surface area (Å²) in [7, 11) is -3.79. The summed E-state index contributed by atoms with van der Waals surface area (Å²) in [5.41, 5.74) is 6.01. The smallest absolute Gasteiger partial charge is 0.243 e. The van der Waals surface area contributed by atoms with E-state index in [1.807, 2.05) is 0 Å². The van der Waals surface area contributed by atoms with Gasteiger partial charge in [0.15, 0.2) is 0 Å². The van der Waals surface area contributed by atoms with Gasteiger partial charge in [-0.05, 0) is 55.2 Å². The molecule has 1 aromatic rings. The highest BCUT2D eigenvalue weighted by molar-refractivity contribution is 7.89. The number of rotatable bonds is 6. The Morgan fingerprint density at radius 1 is 1.25 bits per heavy atom. The minimum Gasteiger partial charge on any atom is -0.326 e. The van der Waals surface area contributed by atoms with Gasteiger partial charge in [-0.25, -0.2) is 17.5 Å². The lowest BCUT2D eigenvalue weighted by Gasteiger charge is -2.18. The number of halogens is 1. The molecule has 0 saturated heterocycles. The minimum absolute atomic E-state index is 0.0198. The summed E-state index contributed by atoms with van der Waals surface area (Å²) >= 11 is 0. The van der Waals surface area contributed by atoms with E-state index in [0.717, 1.165) is 25.7 Å². The maximum atomic E-state index is 13.9. The van der Waals surface area contributed by atoms with Gasteiger partial charge in [-0.15, -0.1) is 0 Å². The van der Waals surface area contributed by atoms with Crippen molar-refractivity contribution in [1.82, 2.24) is 4.72 Å². The van der Waals surface area contributed by atoms with Gasteiger partial charge >= 0.3 is 0 Å². The van der Waals surface area contributed by atoms with E-state index in [9.17, 15) is 12.8 Å². The van der Waals surface area contributed by atoms with E-state index < -0.39 is 15.8 Å². The first-order valence-corrected chi connectivity index (χ1v) is 8.50. The first kappa shape index (κ1) is 14.0. The van der Waals surface area contributed by atoms with Crippen LogP contribution in [0.1, 0.15) is 31.2 Å². The summed E-state index contributed by atoms with van der Waals surface area (Å²) in [5.74, 6) is 0.137. The van der Waals surface area contributed by atoms with E-state index in [1.54, 1.807) is 6.07 Å².